The van der Waals surface area contributed by atoms with Crippen LogP contribution in [0.1, 0.15) is 25.7 Å². The van der Waals surface area contributed by atoms with Crippen molar-refractivity contribution in [2.75, 3.05) is 11.9 Å². The van der Waals surface area contributed by atoms with Crippen LogP contribution < -0.4 is 11.1 Å². The molecule has 1 aromatic carbocycles. The van der Waals surface area contributed by atoms with Gasteiger partial charge < -0.3 is 15.8 Å². The van der Waals surface area contributed by atoms with Crippen molar-refractivity contribution in [2.24, 2.45) is 5.73 Å². The van der Waals surface area contributed by atoms with Gasteiger partial charge in [0.05, 0.1) is 6.10 Å². The van der Waals surface area contributed by atoms with Gasteiger partial charge in [0, 0.05) is 11.7 Å². The van der Waals surface area contributed by atoms with E-state index < -0.39 is 0 Å². The number of carbonyl (C=O) groups is 1. The molecule has 0 unspecified atom stereocenters. The van der Waals surface area contributed by atoms with Crippen LogP contribution in [-0.2, 0) is 9.53 Å². The molecule has 1 aromatic rings. The lowest BCUT2D eigenvalue weighted by Gasteiger charge is -2.25. The van der Waals surface area contributed by atoms with Crippen LogP contribution in [0.15, 0.2) is 30.3 Å². The van der Waals surface area contributed by atoms with Crippen LogP contribution in [-0.4, -0.2) is 24.7 Å². The van der Waals surface area contributed by atoms with E-state index >= 15 is 0 Å². The highest BCUT2D eigenvalue weighted by molar-refractivity contribution is 5.91. The highest BCUT2D eigenvalue weighted by atomic mass is 35.5. The Bertz CT molecular complexity index is 378. The minimum absolute atomic E-state index is 0. The summed E-state index contributed by atoms with van der Waals surface area (Å²) in [4.78, 5) is 11.7. The maximum Gasteiger partial charge on any atom is 0.250 e. The first-order valence-corrected chi connectivity index (χ1v) is 6.46. The fourth-order valence-electron chi connectivity index (χ4n) is 2.17. The maximum atomic E-state index is 11.7. The first-order valence-electron chi connectivity index (χ1n) is 6.46. The van der Waals surface area contributed by atoms with Gasteiger partial charge in [0.15, 0.2) is 0 Å². The number of benzene rings is 1. The predicted molar refractivity (Wildman–Crippen MR) is 78.5 cm³/mol. The number of amides is 1. The average molecular weight is 285 g/mol. The molecule has 0 radical (unpaired) electrons. The summed E-state index contributed by atoms with van der Waals surface area (Å²) in [6.07, 6.45) is 4.08. The Morgan fingerprint density at radius 3 is 2.47 bits per heavy atom. The molecule has 106 valence electrons. The molecule has 1 aliphatic rings. The van der Waals surface area contributed by atoms with E-state index in [9.17, 15) is 4.79 Å². The van der Waals surface area contributed by atoms with Gasteiger partial charge in [0.2, 0.25) is 5.91 Å². The number of carbonyl (C=O) groups excluding carboxylic acids is 1. The van der Waals surface area contributed by atoms with Crippen LogP contribution in [0.5, 0.6) is 0 Å². The maximum absolute atomic E-state index is 11.7. The summed E-state index contributed by atoms with van der Waals surface area (Å²) in [6.45, 7) is 0.120. The molecule has 4 nitrogen and oxygen atoms in total. The number of para-hydroxylation sites is 1. The average Bonchev–Trinajstić information content (AvgIpc) is 2.39. The molecular weight excluding hydrogens is 264 g/mol. The molecule has 1 fully saturated rings. The Morgan fingerprint density at radius 2 is 1.84 bits per heavy atom. The largest absolute Gasteiger partial charge is 0.368 e. The van der Waals surface area contributed by atoms with Crippen molar-refractivity contribution in [1.29, 1.82) is 0 Å². The molecule has 5 heteroatoms. The third-order valence-electron chi connectivity index (χ3n) is 3.23. The van der Waals surface area contributed by atoms with Crippen molar-refractivity contribution in [3.8, 4) is 0 Å². The van der Waals surface area contributed by atoms with Crippen LogP contribution in [0.3, 0.4) is 0 Å². The van der Waals surface area contributed by atoms with Gasteiger partial charge in [-0.15, -0.1) is 12.4 Å². The monoisotopic (exact) mass is 284 g/mol. The lowest BCUT2D eigenvalue weighted by atomic mass is 9.94. The van der Waals surface area contributed by atoms with Crippen molar-refractivity contribution in [3.63, 3.8) is 0 Å². The Kier molecular flexibility index (Phi) is 6.84. The standard InChI is InChI=1S/C14H20N2O2.ClH/c15-11-6-8-13(9-7-11)18-10-14(17)16-12-4-2-1-3-5-12;/h1-5,11,13H,6-10,15H2,(H,16,17);1H. The highest BCUT2D eigenvalue weighted by Gasteiger charge is 2.19. The van der Waals surface area contributed by atoms with Gasteiger partial charge in [0.1, 0.15) is 6.61 Å². The Hall–Kier alpha value is -1.10. The van der Waals surface area contributed by atoms with E-state index in [1.54, 1.807) is 0 Å². The Morgan fingerprint density at radius 1 is 1.21 bits per heavy atom. The lowest BCUT2D eigenvalue weighted by Crippen LogP contribution is -2.32. The molecule has 3 N–H and O–H groups in total. The fourth-order valence-corrected chi connectivity index (χ4v) is 2.17. The Balaban J connectivity index is 0.00000180. The smallest absolute Gasteiger partial charge is 0.250 e. The summed E-state index contributed by atoms with van der Waals surface area (Å²) >= 11 is 0. The van der Waals surface area contributed by atoms with E-state index in [-0.39, 0.29) is 31.0 Å². The van der Waals surface area contributed by atoms with Crippen LogP contribution in [0, 0.1) is 0 Å². The third-order valence-corrected chi connectivity index (χ3v) is 3.23. The minimum Gasteiger partial charge on any atom is -0.368 e. The number of hydrogen-bond donors (Lipinski definition) is 2. The summed E-state index contributed by atoms with van der Waals surface area (Å²) in [7, 11) is 0. The van der Waals surface area contributed by atoms with E-state index in [2.05, 4.69) is 5.32 Å². The first-order chi connectivity index (χ1) is 8.74. The second-order valence-electron chi connectivity index (χ2n) is 4.76. The number of hydrogen-bond acceptors (Lipinski definition) is 3. The summed E-state index contributed by atoms with van der Waals surface area (Å²) in [6, 6.07) is 9.72. The van der Waals surface area contributed by atoms with Gasteiger partial charge in [-0.3, -0.25) is 4.79 Å². The third kappa shape index (κ3) is 5.59. The van der Waals surface area contributed by atoms with Gasteiger partial charge >= 0.3 is 0 Å². The number of halogens is 1. The lowest BCUT2D eigenvalue weighted by molar-refractivity contribution is -0.123. The highest BCUT2D eigenvalue weighted by Crippen LogP contribution is 2.19. The van der Waals surface area contributed by atoms with Gasteiger partial charge in [-0.1, -0.05) is 18.2 Å². The number of nitrogens with two attached hydrogens (primary N) is 1. The topological polar surface area (TPSA) is 64.3 Å². The van der Waals surface area contributed by atoms with E-state index in [4.69, 9.17) is 10.5 Å². The van der Waals surface area contributed by atoms with Crippen LogP contribution in [0.4, 0.5) is 5.69 Å². The quantitative estimate of drug-likeness (QED) is 0.892. The SMILES string of the molecule is Cl.NC1CCC(OCC(=O)Nc2ccccc2)CC1. The van der Waals surface area contributed by atoms with Crippen LogP contribution >= 0.6 is 12.4 Å². The van der Waals surface area contributed by atoms with Crippen molar-refractivity contribution in [1.82, 2.24) is 0 Å². The zero-order valence-corrected chi connectivity index (χ0v) is 11.7. The zero-order valence-electron chi connectivity index (χ0n) is 10.9. The first kappa shape index (κ1) is 16.0. The second-order valence-corrected chi connectivity index (χ2v) is 4.76. The number of ether oxygens (including phenoxy) is 1. The van der Waals surface area contributed by atoms with Gasteiger partial charge in [-0.2, -0.15) is 0 Å². The molecule has 0 heterocycles. The summed E-state index contributed by atoms with van der Waals surface area (Å²) in [5, 5.41) is 2.80. The molecule has 0 aliphatic heterocycles. The van der Waals surface area contributed by atoms with Crippen molar-refractivity contribution < 1.29 is 9.53 Å². The Labute approximate surface area is 120 Å². The molecule has 0 saturated heterocycles. The normalized spacial score (nSPS) is 22.4. The van der Waals surface area contributed by atoms with Gasteiger partial charge in [-0.25, -0.2) is 0 Å². The molecule has 1 saturated carbocycles. The van der Waals surface area contributed by atoms with E-state index in [1.807, 2.05) is 30.3 Å². The molecule has 0 bridgehead atoms. The molecule has 2 rings (SSSR count). The molecule has 0 spiro atoms. The summed E-state index contributed by atoms with van der Waals surface area (Å²) in [5.74, 6) is -0.101. The van der Waals surface area contributed by atoms with Crippen LogP contribution in [0.2, 0.25) is 0 Å². The van der Waals surface area contributed by atoms with Crippen molar-refractivity contribution in [3.05, 3.63) is 30.3 Å². The van der Waals surface area contributed by atoms with Gasteiger partial charge in [0.25, 0.3) is 0 Å². The molecule has 0 aromatic heterocycles. The fraction of sp³-hybridized carbons (Fsp3) is 0.500. The second kappa shape index (κ2) is 8.15. The van der Waals surface area contributed by atoms with E-state index in [0.717, 1.165) is 31.4 Å². The molecule has 0 atom stereocenters. The molecular formula is C14H21ClN2O2. The minimum atomic E-state index is -0.101. The van der Waals surface area contributed by atoms with E-state index in [0.29, 0.717) is 6.04 Å². The zero-order chi connectivity index (χ0) is 12.8. The van der Waals surface area contributed by atoms with Crippen molar-refractivity contribution in [2.45, 2.75) is 37.8 Å². The molecule has 1 amide bonds. The summed E-state index contributed by atoms with van der Waals surface area (Å²) < 4.78 is 5.60. The summed E-state index contributed by atoms with van der Waals surface area (Å²) in [5.41, 5.74) is 6.62. The van der Waals surface area contributed by atoms with Gasteiger partial charge in [-0.05, 0) is 37.8 Å². The number of rotatable bonds is 4. The number of anilines is 1. The molecule has 19 heavy (non-hydrogen) atoms. The predicted octanol–water partition coefficient (Wildman–Crippen LogP) is 2.33. The molecule has 1 aliphatic carbocycles. The van der Waals surface area contributed by atoms with Crippen LogP contribution in [0.25, 0.3) is 0 Å². The van der Waals surface area contributed by atoms with Crippen molar-refractivity contribution >= 4 is 24.0 Å². The number of nitrogens with one attached hydrogen (secondary N) is 1. The van der Waals surface area contributed by atoms with E-state index in [1.165, 1.54) is 0 Å².